The van der Waals surface area contributed by atoms with Crippen molar-refractivity contribution < 1.29 is 0 Å². The molecule has 1 aromatic heterocycles. The quantitative estimate of drug-likeness (QED) is 0.656. The number of aromatic nitrogens is 1. The van der Waals surface area contributed by atoms with Gasteiger partial charge in [-0.15, -0.1) is 0 Å². The Hall–Kier alpha value is -3.09. The number of nitrogens with zero attached hydrogens (tertiary/aromatic N) is 4. The lowest BCUT2D eigenvalue weighted by Crippen LogP contribution is -2.06. The Balaban J connectivity index is 3.17. The lowest BCUT2D eigenvalue weighted by atomic mass is 10.1. The summed E-state index contributed by atoms with van der Waals surface area (Å²) >= 11 is 0. The second-order valence-electron chi connectivity index (χ2n) is 3.86. The summed E-state index contributed by atoms with van der Waals surface area (Å²) in [7, 11) is 0. The Morgan fingerprint density at radius 1 is 0.950 bits per heavy atom. The van der Waals surface area contributed by atoms with E-state index in [-0.39, 0.29) is 17.1 Å². The van der Waals surface area contributed by atoms with Crippen LogP contribution in [0.4, 0.5) is 28.4 Å². The number of rotatable bonds is 4. The van der Waals surface area contributed by atoms with Crippen LogP contribution >= 0.6 is 0 Å². The second kappa shape index (κ2) is 4.88. The van der Waals surface area contributed by atoms with Crippen molar-refractivity contribution in [3.8, 4) is 0 Å². The molecule has 0 spiro atoms. The zero-order chi connectivity index (χ0) is 14.9. The molecule has 0 unspecified atom stereocenters. The Morgan fingerprint density at radius 3 is 2.05 bits per heavy atom. The van der Waals surface area contributed by atoms with Gasteiger partial charge in [-0.05, 0) is 32.9 Å². The summed E-state index contributed by atoms with van der Waals surface area (Å²) in [6, 6.07) is 1.63. The first-order valence-electron chi connectivity index (χ1n) is 5.48. The second-order valence-corrected chi connectivity index (χ2v) is 3.86. The van der Waals surface area contributed by atoms with Crippen LogP contribution in [0.3, 0.4) is 0 Å². The molecule has 0 saturated heterocycles. The number of H-pyrrole nitrogens is 1. The third kappa shape index (κ3) is 1.72. The first-order chi connectivity index (χ1) is 9.58. The van der Waals surface area contributed by atoms with E-state index >= 15 is 0 Å². The van der Waals surface area contributed by atoms with Crippen molar-refractivity contribution in [1.29, 1.82) is 0 Å². The van der Waals surface area contributed by atoms with Crippen LogP contribution in [0.1, 0.15) is 0 Å². The van der Waals surface area contributed by atoms with Crippen LogP contribution < -0.4 is 11.3 Å². The van der Waals surface area contributed by atoms with Crippen molar-refractivity contribution in [2.24, 2.45) is 20.0 Å². The standard InChI is InChI=1S/C13H12N6O/c1-15-7-5-6-9(16-2)12(18-4)13(20)19-10(6)11(17-3)8(7)14/h5H,1-4,14H2,(H,19,20). The lowest BCUT2D eigenvalue weighted by molar-refractivity contribution is 1.27. The number of hydrogen-bond acceptors (Lipinski definition) is 6. The third-order valence-corrected chi connectivity index (χ3v) is 2.90. The molecule has 0 bridgehead atoms. The minimum Gasteiger partial charge on any atom is -0.395 e. The summed E-state index contributed by atoms with van der Waals surface area (Å²) in [4.78, 5) is 29.8. The van der Waals surface area contributed by atoms with E-state index in [1.54, 1.807) is 6.07 Å². The fourth-order valence-electron chi connectivity index (χ4n) is 1.99. The number of aromatic amines is 1. The van der Waals surface area contributed by atoms with Gasteiger partial charge in [0, 0.05) is 5.39 Å². The molecule has 20 heavy (non-hydrogen) atoms. The SMILES string of the molecule is C=Nc1cc2c(N=C)c(N=C)c(=O)[nH]c2c(N=C)c1N. The van der Waals surface area contributed by atoms with Crippen molar-refractivity contribution in [3.63, 3.8) is 0 Å². The van der Waals surface area contributed by atoms with Gasteiger partial charge in [0.05, 0.1) is 16.9 Å². The lowest BCUT2D eigenvalue weighted by Gasteiger charge is -2.11. The van der Waals surface area contributed by atoms with Gasteiger partial charge in [-0.1, -0.05) is 0 Å². The number of nitrogen functional groups attached to an aromatic ring is 1. The summed E-state index contributed by atoms with van der Waals surface area (Å²) in [5.41, 5.74) is 7.19. The molecule has 0 radical (unpaired) electrons. The number of pyridine rings is 1. The molecule has 7 nitrogen and oxygen atoms in total. The van der Waals surface area contributed by atoms with Gasteiger partial charge in [0.25, 0.3) is 5.56 Å². The number of nitrogens with two attached hydrogens (primary N) is 1. The van der Waals surface area contributed by atoms with Gasteiger partial charge in [0.1, 0.15) is 11.4 Å². The van der Waals surface area contributed by atoms with E-state index in [0.717, 1.165) is 0 Å². The van der Waals surface area contributed by atoms with E-state index in [0.29, 0.717) is 22.3 Å². The van der Waals surface area contributed by atoms with Crippen molar-refractivity contribution in [3.05, 3.63) is 16.4 Å². The molecule has 3 N–H and O–H groups in total. The Morgan fingerprint density at radius 2 is 1.55 bits per heavy atom. The van der Waals surface area contributed by atoms with Gasteiger partial charge in [0.2, 0.25) is 0 Å². The summed E-state index contributed by atoms with van der Waals surface area (Å²) in [6.45, 7) is 13.7. The van der Waals surface area contributed by atoms with E-state index in [2.05, 4.69) is 51.8 Å². The van der Waals surface area contributed by atoms with Crippen LogP contribution in [-0.4, -0.2) is 31.9 Å². The Kier molecular flexibility index (Phi) is 3.26. The predicted octanol–water partition coefficient (Wildman–Crippen LogP) is 2.44. The molecule has 1 aromatic carbocycles. The summed E-state index contributed by atoms with van der Waals surface area (Å²) in [5, 5.41) is 0.543. The van der Waals surface area contributed by atoms with Gasteiger partial charge in [-0.2, -0.15) is 0 Å². The van der Waals surface area contributed by atoms with Crippen LogP contribution in [0.2, 0.25) is 0 Å². The highest BCUT2D eigenvalue weighted by Gasteiger charge is 2.16. The minimum absolute atomic E-state index is 0.0716. The topological polar surface area (TPSA) is 108 Å². The Bertz CT molecular complexity index is 818. The fourth-order valence-corrected chi connectivity index (χ4v) is 1.99. The molecule has 7 heteroatoms. The van der Waals surface area contributed by atoms with Gasteiger partial charge >= 0.3 is 0 Å². The van der Waals surface area contributed by atoms with Gasteiger partial charge in [0.15, 0.2) is 5.69 Å². The predicted molar refractivity (Wildman–Crippen MR) is 85.8 cm³/mol. The smallest absolute Gasteiger partial charge is 0.276 e. The zero-order valence-electron chi connectivity index (χ0n) is 10.7. The average molecular weight is 268 g/mol. The van der Waals surface area contributed by atoms with Gasteiger partial charge in [-0.3, -0.25) is 24.8 Å². The maximum Gasteiger partial charge on any atom is 0.276 e. The van der Waals surface area contributed by atoms with Crippen molar-refractivity contribution in [1.82, 2.24) is 4.98 Å². The summed E-state index contributed by atoms with van der Waals surface area (Å²) in [5.74, 6) is 0. The molecule has 0 saturated carbocycles. The van der Waals surface area contributed by atoms with Crippen LogP contribution in [0.25, 0.3) is 10.9 Å². The number of fused-ring (bicyclic) bond motifs is 1. The van der Waals surface area contributed by atoms with E-state index < -0.39 is 5.56 Å². The molecule has 0 aliphatic rings. The monoisotopic (exact) mass is 268 g/mol. The van der Waals surface area contributed by atoms with E-state index in [9.17, 15) is 4.79 Å². The highest BCUT2D eigenvalue weighted by Crippen LogP contribution is 2.42. The van der Waals surface area contributed by atoms with Crippen LogP contribution in [0, 0.1) is 0 Å². The number of anilines is 1. The first-order valence-corrected chi connectivity index (χ1v) is 5.48. The highest BCUT2D eigenvalue weighted by molar-refractivity contribution is 6.08. The molecule has 0 atom stereocenters. The molecule has 0 aliphatic carbocycles. The number of hydrogen-bond donors (Lipinski definition) is 2. The normalized spacial score (nSPS) is 10.2. The Labute approximate surface area is 114 Å². The first kappa shape index (κ1) is 13.3. The van der Waals surface area contributed by atoms with Crippen molar-refractivity contribution in [2.45, 2.75) is 0 Å². The minimum atomic E-state index is -0.460. The maximum atomic E-state index is 12.0. The molecule has 1 heterocycles. The molecular formula is C13H12N6O. The number of nitrogens with one attached hydrogen (secondary N) is 1. The molecule has 2 aromatic rings. The molecule has 100 valence electrons. The van der Waals surface area contributed by atoms with E-state index in [1.807, 2.05) is 0 Å². The van der Waals surface area contributed by atoms with Crippen LogP contribution in [0.5, 0.6) is 0 Å². The summed E-state index contributed by atoms with van der Waals surface area (Å²) in [6.07, 6.45) is 0. The molecule has 0 amide bonds. The van der Waals surface area contributed by atoms with Crippen molar-refractivity contribution in [2.75, 3.05) is 5.73 Å². The molecule has 2 rings (SSSR count). The van der Waals surface area contributed by atoms with Crippen LogP contribution in [-0.2, 0) is 0 Å². The summed E-state index contributed by atoms with van der Waals surface area (Å²) < 4.78 is 0. The van der Waals surface area contributed by atoms with Crippen molar-refractivity contribution >= 4 is 66.2 Å². The van der Waals surface area contributed by atoms with E-state index in [4.69, 9.17) is 5.73 Å². The van der Waals surface area contributed by atoms with Gasteiger partial charge in [-0.25, -0.2) is 0 Å². The molecular weight excluding hydrogens is 256 g/mol. The third-order valence-electron chi connectivity index (χ3n) is 2.90. The molecule has 0 aliphatic heterocycles. The molecule has 0 fully saturated rings. The van der Waals surface area contributed by atoms with E-state index in [1.165, 1.54) is 0 Å². The number of benzene rings is 1. The average Bonchev–Trinajstić information content (AvgIpc) is 2.45. The van der Waals surface area contributed by atoms with Crippen LogP contribution in [0.15, 0.2) is 30.8 Å². The number of aliphatic imine (C=N–C) groups is 4. The van der Waals surface area contributed by atoms with Gasteiger partial charge < -0.3 is 10.7 Å². The largest absolute Gasteiger partial charge is 0.395 e. The maximum absolute atomic E-state index is 12.0. The highest BCUT2D eigenvalue weighted by atomic mass is 16.1. The fraction of sp³-hybridized carbons (Fsp3) is 0. The zero-order valence-corrected chi connectivity index (χ0v) is 10.7.